The number of hydrogen-bond donors (Lipinski definition) is 1. The van der Waals surface area contributed by atoms with E-state index in [4.69, 9.17) is 16.3 Å². The maximum atomic E-state index is 12.3. The first-order chi connectivity index (χ1) is 11.4. The second kappa shape index (κ2) is 8.22. The van der Waals surface area contributed by atoms with Gasteiger partial charge in [-0.15, -0.1) is 11.8 Å². The monoisotopic (exact) mass is 363 g/mol. The van der Waals surface area contributed by atoms with Crippen LogP contribution in [0, 0.1) is 6.92 Å². The molecular weight excluding hydrogens is 346 g/mol. The van der Waals surface area contributed by atoms with Gasteiger partial charge >= 0.3 is 5.97 Å². The third-order valence-corrected chi connectivity index (χ3v) is 4.71. The van der Waals surface area contributed by atoms with E-state index < -0.39 is 18.0 Å². The Hall–Kier alpha value is -1.98. The lowest BCUT2D eigenvalue weighted by atomic mass is 10.2. The van der Waals surface area contributed by atoms with Crippen LogP contribution in [0.4, 0.5) is 5.69 Å². The van der Waals surface area contributed by atoms with Crippen molar-refractivity contribution in [2.45, 2.75) is 24.8 Å². The van der Waals surface area contributed by atoms with Crippen molar-refractivity contribution in [3.8, 4) is 0 Å². The first kappa shape index (κ1) is 18.4. The van der Waals surface area contributed by atoms with Crippen LogP contribution in [0.1, 0.15) is 22.8 Å². The van der Waals surface area contributed by atoms with Gasteiger partial charge in [0, 0.05) is 15.6 Å². The molecule has 1 amide bonds. The van der Waals surface area contributed by atoms with Gasteiger partial charge in [0.15, 0.2) is 6.10 Å². The molecule has 0 saturated heterocycles. The van der Waals surface area contributed by atoms with Crippen molar-refractivity contribution < 1.29 is 14.3 Å². The van der Waals surface area contributed by atoms with Crippen LogP contribution < -0.4 is 5.32 Å². The predicted octanol–water partition coefficient (Wildman–Crippen LogP) is 4.55. The number of esters is 1. The number of benzene rings is 2. The van der Waals surface area contributed by atoms with E-state index in [1.807, 2.05) is 25.3 Å². The Morgan fingerprint density at radius 2 is 1.88 bits per heavy atom. The summed E-state index contributed by atoms with van der Waals surface area (Å²) in [5, 5.41) is 3.29. The average molecular weight is 364 g/mol. The molecule has 4 nitrogen and oxygen atoms in total. The summed E-state index contributed by atoms with van der Waals surface area (Å²) in [7, 11) is 0. The van der Waals surface area contributed by atoms with E-state index in [0.29, 0.717) is 16.3 Å². The lowest BCUT2D eigenvalue weighted by molar-refractivity contribution is -0.123. The van der Waals surface area contributed by atoms with Gasteiger partial charge in [0.25, 0.3) is 5.91 Å². The normalized spacial score (nSPS) is 11.7. The smallest absolute Gasteiger partial charge is 0.340 e. The van der Waals surface area contributed by atoms with Crippen LogP contribution >= 0.6 is 23.4 Å². The average Bonchev–Trinajstić information content (AvgIpc) is 2.58. The van der Waals surface area contributed by atoms with Crippen LogP contribution in [-0.4, -0.2) is 24.2 Å². The highest BCUT2D eigenvalue weighted by Crippen LogP contribution is 2.24. The Bertz CT molecular complexity index is 764. The van der Waals surface area contributed by atoms with Gasteiger partial charge in [0.1, 0.15) is 0 Å². The van der Waals surface area contributed by atoms with Crippen LogP contribution in [0.25, 0.3) is 0 Å². The van der Waals surface area contributed by atoms with E-state index in [2.05, 4.69) is 5.32 Å². The molecule has 1 N–H and O–H groups in total. The summed E-state index contributed by atoms with van der Waals surface area (Å²) < 4.78 is 5.29. The molecule has 0 unspecified atom stereocenters. The van der Waals surface area contributed by atoms with Crippen LogP contribution in [-0.2, 0) is 9.53 Å². The molecule has 0 aliphatic heterocycles. The fraction of sp³-hybridized carbons (Fsp3) is 0.222. The Balaban J connectivity index is 2.06. The lowest BCUT2D eigenvalue weighted by Crippen LogP contribution is -2.30. The van der Waals surface area contributed by atoms with Gasteiger partial charge in [-0.1, -0.05) is 29.8 Å². The number of nitrogens with one attached hydrogen (secondary N) is 1. The minimum Gasteiger partial charge on any atom is -0.449 e. The molecule has 1 atom stereocenters. The topological polar surface area (TPSA) is 55.4 Å². The molecule has 0 radical (unpaired) electrons. The number of amides is 1. The van der Waals surface area contributed by atoms with Gasteiger partial charge in [-0.2, -0.15) is 0 Å². The lowest BCUT2D eigenvalue weighted by Gasteiger charge is -2.16. The third-order valence-electron chi connectivity index (χ3n) is 3.51. The summed E-state index contributed by atoms with van der Waals surface area (Å²) in [6.07, 6.45) is 0.954. The SMILES string of the molecule is CSc1ccccc1C(=O)O[C@H](C)C(=O)Nc1cccc(Cl)c1C. The van der Waals surface area contributed by atoms with E-state index in [1.54, 1.807) is 30.3 Å². The highest BCUT2D eigenvalue weighted by Gasteiger charge is 2.21. The summed E-state index contributed by atoms with van der Waals surface area (Å²) in [5.74, 6) is -0.930. The minimum absolute atomic E-state index is 0.407. The molecule has 2 aromatic rings. The van der Waals surface area contributed by atoms with Gasteiger partial charge < -0.3 is 10.1 Å². The molecule has 0 saturated carbocycles. The molecule has 24 heavy (non-hydrogen) atoms. The van der Waals surface area contributed by atoms with Crippen molar-refractivity contribution in [1.82, 2.24) is 0 Å². The Labute approximate surface area is 150 Å². The standard InChI is InChI=1S/C18H18ClNO3S/c1-11-14(19)8-6-9-15(11)20-17(21)12(2)23-18(22)13-7-4-5-10-16(13)24-3/h4-10,12H,1-3H3,(H,20,21)/t12-/m1/s1. The Kier molecular flexibility index (Phi) is 6.29. The molecule has 126 valence electrons. The van der Waals surface area contributed by atoms with Crippen LogP contribution in [0.3, 0.4) is 0 Å². The molecule has 2 aromatic carbocycles. The molecule has 0 aliphatic rings. The zero-order chi connectivity index (χ0) is 17.7. The minimum atomic E-state index is -0.925. The number of halogens is 1. The van der Waals surface area contributed by atoms with Gasteiger partial charge in [0.05, 0.1) is 5.56 Å². The number of carbonyl (C=O) groups is 2. The van der Waals surface area contributed by atoms with Crippen molar-refractivity contribution in [3.05, 3.63) is 58.6 Å². The van der Waals surface area contributed by atoms with Crippen LogP contribution in [0.15, 0.2) is 47.4 Å². The van der Waals surface area contributed by atoms with Gasteiger partial charge in [0.2, 0.25) is 0 Å². The fourth-order valence-corrected chi connectivity index (χ4v) is 2.83. The maximum absolute atomic E-state index is 12.3. The maximum Gasteiger partial charge on any atom is 0.340 e. The Morgan fingerprint density at radius 3 is 2.58 bits per heavy atom. The van der Waals surface area contributed by atoms with Gasteiger partial charge in [-0.05, 0) is 49.9 Å². The summed E-state index contributed by atoms with van der Waals surface area (Å²) >= 11 is 7.48. The molecule has 0 spiro atoms. The van der Waals surface area contributed by atoms with Gasteiger partial charge in [-0.25, -0.2) is 4.79 Å². The van der Waals surface area contributed by atoms with Crippen LogP contribution in [0.5, 0.6) is 0 Å². The molecule has 0 aromatic heterocycles. The predicted molar refractivity (Wildman–Crippen MR) is 97.9 cm³/mol. The van der Waals surface area contributed by atoms with Crippen molar-refractivity contribution in [2.75, 3.05) is 11.6 Å². The third kappa shape index (κ3) is 4.30. The fourth-order valence-electron chi connectivity index (χ4n) is 2.07. The van der Waals surface area contributed by atoms with Crippen molar-refractivity contribution in [3.63, 3.8) is 0 Å². The number of anilines is 1. The van der Waals surface area contributed by atoms with Crippen molar-refractivity contribution >= 4 is 40.9 Å². The summed E-state index contributed by atoms with van der Waals surface area (Å²) in [5.41, 5.74) is 1.81. The molecule has 0 aliphatic carbocycles. The molecule has 0 heterocycles. The first-order valence-electron chi connectivity index (χ1n) is 7.34. The van der Waals surface area contributed by atoms with E-state index >= 15 is 0 Å². The molecule has 0 fully saturated rings. The molecule has 0 bridgehead atoms. The number of hydrogen-bond acceptors (Lipinski definition) is 4. The second-order valence-corrected chi connectivity index (χ2v) is 6.40. The number of thioether (sulfide) groups is 1. The quantitative estimate of drug-likeness (QED) is 0.625. The summed E-state index contributed by atoms with van der Waals surface area (Å²) in [6, 6.07) is 12.4. The number of ether oxygens (including phenoxy) is 1. The number of rotatable bonds is 5. The zero-order valence-electron chi connectivity index (χ0n) is 13.6. The van der Waals surface area contributed by atoms with Crippen molar-refractivity contribution in [2.24, 2.45) is 0 Å². The highest BCUT2D eigenvalue weighted by atomic mass is 35.5. The van der Waals surface area contributed by atoms with Gasteiger partial charge in [-0.3, -0.25) is 4.79 Å². The number of carbonyl (C=O) groups excluding carboxylic acids is 2. The highest BCUT2D eigenvalue weighted by molar-refractivity contribution is 7.98. The largest absolute Gasteiger partial charge is 0.449 e. The van der Waals surface area contributed by atoms with E-state index in [0.717, 1.165) is 10.5 Å². The molecule has 6 heteroatoms. The molecule has 2 rings (SSSR count). The van der Waals surface area contributed by atoms with E-state index in [-0.39, 0.29) is 0 Å². The van der Waals surface area contributed by atoms with E-state index in [1.165, 1.54) is 18.7 Å². The van der Waals surface area contributed by atoms with Crippen molar-refractivity contribution in [1.29, 1.82) is 0 Å². The summed E-state index contributed by atoms with van der Waals surface area (Å²) in [4.78, 5) is 25.3. The summed E-state index contributed by atoms with van der Waals surface area (Å²) in [6.45, 7) is 3.35. The Morgan fingerprint density at radius 1 is 1.17 bits per heavy atom. The van der Waals surface area contributed by atoms with E-state index in [9.17, 15) is 9.59 Å². The first-order valence-corrected chi connectivity index (χ1v) is 8.94. The second-order valence-electron chi connectivity index (χ2n) is 5.15. The zero-order valence-corrected chi connectivity index (χ0v) is 15.2. The molecular formula is C18H18ClNO3S. The van der Waals surface area contributed by atoms with Crippen LogP contribution in [0.2, 0.25) is 5.02 Å².